The topological polar surface area (TPSA) is 60.0 Å². The Morgan fingerprint density at radius 3 is 2.59 bits per heavy atom. The number of anilines is 1. The van der Waals surface area contributed by atoms with Crippen LogP contribution >= 0.6 is 24.0 Å². The lowest BCUT2D eigenvalue weighted by atomic mass is 9.98. The van der Waals surface area contributed by atoms with E-state index in [1.807, 2.05) is 17.0 Å². The summed E-state index contributed by atoms with van der Waals surface area (Å²) in [4.78, 5) is 21.0. The van der Waals surface area contributed by atoms with Crippen LogP contribution in [0.25, 0.3) is 0 Å². The number of halogens is 1. The van der Waals surface area contributed by atoms with Crippen molar-refractivity contribution in [3.05, 3.63) is 29.8 Å². The lowest BCUT2D eigenvalue weighted by Crippen LogP contribution is -2.44. The second-order valence-corrected chi connectivity index (χ2v) is 7.79. The van der Waals surface area contributed by atoms with Crippen LogP contribution in [0.5, 0.6) is 0 Å². The van der Waals surface area contributed by atoms with Crippen LogP contribution in [0, 0.1) is 5.92 Å². The van der Waals surface area contributed by atoms with E-state index < -0.39 is 0 Å². The fourth-order valence-corrected chi connectivity index (χ4v) is 4.06. The first-order valence-electron chi connectivity index (χ1n) is 10.8. The summed E-state index contributed by atoms with van der Waals surface area (Å²) in [7, 11) is 0. The molecule has 0 bridgehead atoms. The molecule has 2 fully saturated rings. The molecule has 0 aromatic heterocycles. The minimum atomic E-state index is 0. The summed E-state index contributed by atoms with van der Waals surface area (Å²) in [5.74, 6) is 1.80. The molecule has 29 heavy (non-hydrogen) atoms. The number of nitrogens with zero attached hydrogens (tertiary/aromatic N) is 3. The second-order valence-electron chi connectivity index (χ2n) is 7.79. The zero-order chi connectivity index (χ0) is 19.8. The number of amides is 1. The molecule has 1 aromatic rings. The predicted molar refractivity (Wildman–Crippen MR) is 131 cm³/mol. The predicted octanol–water partition coefficient (Wildman–Crippen LogP) is 3.22. The number of benzene rings is 1. The first-order valence-corrected chi connectivity index (χ1v) is 10.8. The van der Waals surface area contributed by atoms with Gasteiger partial charge in [-0.1, -0.05) is 19.1 Å². The van der Waals surface area contributed by atoms with E-state index in [0.717, 1.165) is 49.8 Å². The smallest absolute Gasteiger partial charge is 0.227 e. The molecule has 2 saturated heterocycles. The number of carbonyl (C=O) groups excluding carboxylic acids is 1. The Morgan fingerprint density at radius 1 is 1.14 bits per heavy atom. The van der Waals surface area contributed by atoms with Crippen molar-refractivity contribution in [2.24, 2.45) is 10.9 Å². The lowest BCUT2D eigenvalue weighted by Gasteiger charge is -2.32. The molecule has 1 atom stereocenters. The third-order valence-corrected chi connectivity index (χ3v) is 5.69. The van der Waals surface area contributed by atoms with Gasteiger partial charge in [-0.2, -0.15) is 0 Å². The van der Waals surface area contributed by atoms with Gasteiger partial charge in [0, 0.05) is 38.3 Å². The van der Waals surface area contributed by atoms with Gasteiger partial charge >= 0.3 is 0 Å². The van der Waals surface area contributed by atoms with Crippen LogP contribution in [-0.2, 0) is 11.3 Å². The number of nitrogens with one attached hydrogen (secondary N) is 2. The quantitative estimate of drug-likeness (QED) is 0.334. The van der Waals surface area contributed by atoms with Gasteiger partial charge in [-0.3, -0.25) is 4.79 Å². The third-order valence-electron chi connectivity index (χ3n) is 5.69. The lowest BCUT2D eigenvalue weighted by molar-refractivity contribution is -0.117. The number of piperidine rings is 1. The molecule has 2 N–H and O–H groups in total. The number of rotatable bonds is 7. The number of likely N-dealkylation sites (tertiary alicyclic amines) is 1. The van der Waals surface area contributed by atoms with Crippen LogP contribution in [0.4, 0.5) is 5.69 Å². The van der Waals surface area contributed by atoms with Crippen LogP contribution in [0.2, 0.25) is 0 Å². The van der Waals surface area contributed by atoms with E-state index >= 15 is 0 Å². The van der Waals surface area contributed by atoms with Gasteiger partial charge in [0.05, 0.1) is 6.54 Å². The highest BCUT2D eigenvalue weighted by Gasteiger charge is 2.21. The van der Waals surface area contributed by atoms with Crippen LogP contribution in [-0.4, -0.2) is 56.0 Å². The molecule has 6 nitrogen and oxygen atoms in total. The van der Waals surface area contributed by atoms with Crippen molar-refractivity contribution in [1.29, 1.82) is 0 Å². The normalized spacial score (nSPS) is 20.5. The minimum absolute atomic E-state index is 0. The van der Waals surface area contributed by atoms with Gasteiger partial charge in [-0.15, -0.1) is 24.0 Å². The maximum Gasteiger partial charge on any atom is 0.227 e. The monoisotopic (exact) mass is 513 g/mol. The highest BCUT2D eigenvalue weighted by Crippen LogP contribution is 2.21. The molecular weight excluding hydrogens is 477 g/mol. The summed E-state index contributed by atoms with van der Waals surface area (Å²) in [5.41, 5.74) is 2.15. The van der Waals surface area contributed by atoms with Crippen molar-refractivity contribution in [2.45, 2.75) is 46.1 Å². The first-order chi connectivity index (χ1) is 13.7. The summed E-state index contributed by atoms with van der Waals surface area (Å²) in [6, 6.07) is 8.23. The van der Waals surface area contributed by atoms with Crippen LogP contribution in [0.15, 0.2) is 29.3 Å². The Bertz CT molecular complexity index is 664. The molecule has 2 aliphatic heterocycles. The minimum Gasteiger partial charge on any atom is -0.357 e. The van der Waals surface area contributed by atoms with Gasteiger partial charge in [0.1, 0.15) is 0 Å². The van der Waals surface area contributed by atoms with Gasteiger partial charge in [-0.05, 0) is 62.9 Å². The average molecular weight is 513 g/mol. The zero-order valence-corrected chi connectivity index (χ0v) is 20.2. The van der Waals surface area contributed by atoms with E-state index in [4.69, 9.17) is 4.99 Å². The van der Waals surface area contributed by atoms with E-state index in [9.17, 15) is 4.79 Å². The number of guanidine groups is 1. The first kappa shape index (κ1) is 23.9. The molecule has 0 radical (unpaired) electrons. The van der Waals surface area contributed by atoms with E-state index in [2.05, 4.69) is 41.5 Å². The van der Waals surface area contributed by atoms with Crippen LogP contribution in [0.3, 0.4) is 0 Å². The SMILES string of the molecule is CCNC(=NCc1ccc(N2CCCC2=O)cc1)NCC1CCCN(CC)C1.I. The summed E-state index contributed by atoms with van der Waals surface area (Å²) in [6.45, 7) is 11.2. The Morgan fingerprint density at radius 2 is 1.93 bits per heavy atom. The van der Waals surface area contributed by atoms with E-state index in [0.29, 0.717) is 18.9 Å². The molecule has 1 amide bonds. The van der Waals surface area contributed by atoms with Crippen molar-refractivity contribution in [2.75, 3.05) is 44.2 Å². The molecule has 162 valence electrons. The van der Waals surface area contributed by atoms with Crippen molar-refractivity contribution in [1.82, 2.24) is 15.5 Å². The maximum atomic E-state index is 11.9. The molecule has 2 heterocycles. The summed E-state index contributed by atoms with van der Waals surface area (Å²) in [5, 5.41) is 6.88. The number of carbonyl (C=O) groups is 1. The summed E-state index contributed by atoms with van der Waals surface area (Å²) < 4.78 is 0. The fraction of sp³-hybridized carbons (Fsp3) is 0.636. The largest absolute Gasteiger partial charge is 0.357 e. The van der Waals surface area contributed by atoms with Crippen LogP contribution in [0.1, 0.15) is 45.1 Å². The number of hydrogen-bond acceptors (Lipinski definition) is 3. The van der Waals surface area contributed by atoms with Gasteiger partial charge in [0.15, 0.2) is 5.96 Å². The van der Waals surface area contributed by atoms with Gasteiger partial charge in [0.25, 0.3) is 0 Å². The summed E-state index contributed by atoms with van der Waals surface area (Å²) in [6.07, 6.45) is 4.21. The zero-order valence-electron chi connectivity index (χ0n) is 17.8. The van der Waals surface area contributed by atoms with Crippen molar-refractivity contribution < 1.29 is 4.79 Å². The highest BCUT2D eigenvalue weighted by molar-refractivity contribution is 14.0. The standard InChI is InChI=1S/C22H35N5O.HI/c1-3-23-22(25-16-19-7-5-13-26(4-2)17-19)24-15-18-9-11-20(12-10-18)27-14-6-8-21(27)28;/h9-12,19H,3-8,13-17H2,1-2H3,(H2,23,24,25);1H. The average Bonchev–Trinajstić information content (AvgIpc) is 3.16. The molecule has 0 spiro atoms. The Balaban J connectivity index is 0.00000300. The van der Waals surface area contributed by atoms with Gasteiger partial charge < -0.3 is 20.4 Å². The Labute approximate surface area is 192 Å². The van der Waals surface area contributed by atoms with Gasteiger partial charge in [-0.25, -0.2) is 4.99 Å². The van der Waals surface area contributed by atoms with Crippen LogP contribution < -0.4 is 15.5 Å². The van der Waals surface area contributed by atoms with Crippen molar-refractivity contribution in [3.8, 4) is 0 Å². The molecule has 2 aliphatic rings. The number of hydrogen-bond donors (Lipinski definition) is 2. The second kappa shape index (κ2) is 12.4. The van der Waals surface area contributed by atoms with Gasteiger partial charge in [0.2, 0.25) is 5.91 Å². The number of aliphatic imine (C=N–C) groups is 1. The third kappa shape index (κ3) is 7.13. The molecule has 1 aromatic carbocycles. The van der Waals surface area contributed by atoms with Crippen molar-refractivity contribution >= 4 is 41.5 Å². The van der Waals surface area contributed by atoms with E-state index in [1.165, 1.54) is 25.9 Å². The fourth-order valence-electron chi connectivity index (χ4n) is 4.06. The molecule has 0 aliphatic carbocycles. The molecule has 3 rings (SSSR count). The van der Waals surface area contributed by atoms with E-state index in [-0.39, 0.29) is 29.9 Å². The van der Waals surface area contributed by atoms with E-state index in [1.54, 1.807) is 0 Å². The molecule has 0 saturated carbocycles. The highest BCUT2D eigenvalue weighted by atomic mass is 127. The Hall–Kier alpha value is -1.35. The molecular formula is C22H36IN5O. The maximum absolute atomic E-state index is 11.9. The van der Waals surface area contributed by atoms with Crippen molar-refractivity contribution in [3.63, 3.8) is 0 Å². The molecule has 7 heteroatoms. The molecule has 1 unspecified atom stereocenters. The summed E-state index contributed by atoms with van der Waals surface area (Å²) >= 11 is 0. The Kier molecular flexibility index (Phi) is 10.2.